The minimum atomic E-state index is -0.427. The molecule has 0 aliphatic rings. The Hall–Kier alpha value is -1.74. The van der Waals surface area contributed by atoms with Crippen LogP contribution in [0.3, 0.4) is 0 Å². The molecule has 0 saturated heterocycles. The zero-order valence-electron chi connectivity index (χ0n) is 11.2. The summed E-state index contributed by atoms with van der Waals surface area (Å²) in [5.74, 6) is -0.112. The van der Waals surface area contributed by atoms with Gasteiger partial charge < -0.3 is 15.6 Å². The molecule has 0 aliphatic carbocycles. The van der Waals surface area contributed by atoms with Gasteiger partial charge in [0.25, 0.3) is 0 Å². The fraction of sp³-hybridized carbons (Fsp3) is 0.455. The van der Waals surface area contributed by atoms with Crippen LogP contribution in [-0.2, 0) is 6.54 Å². The molecule has 1 amide bonds. The average Bonchev–Trinajstić information content (AvgIpc) is 2.98. The van der Waals surface area contributed by atoms with Crippen molar-refractivity contribution >= 4 is 21.8 Å². The normalized spacial score (nSPS) is 10.8. The Labute approximate surface area is 123 Å². The summed E-state index contributed by atoms with van der Waals surface area (Å²) < 4.78 is 7.59. The highest BCUT2D eigenvalue weighted by Gasteiger charge is 2.16. The lowest BCUT2D eigenvalue weighted by molar-refractivity contribution is 0.0911. The molecule has 0 bridgehead atoms. The van der Waals surface area contributed by atoms with Crippen molar-refractivity contribution in [2.45, 2.75) is 20.4 Å². The molecule has 0 aliphatic heterocycles. The Morgan fingerprint density at radius 3 is 2.85 bits per heavy atom. The Morgan fingerprint density at radius 2 is 2.25 bits per heavy atom. The second-order valence-corrected chi connectivity index (χ2v) is 5.00. The molecular weight excluding hydrogens is 328 g/mol. The Kier molecular flexibility index (Phi) is 4.50. The first kappa shape index (κ1) is 14.7. The molecule has 0 fully saturated rings. The summed E-state index contributed by atoms with van der Waals surface area (Å²) >= 11 is 3.45. The van der Waals surface area contributed by atoms with Gasteiger partial charge in [-0.25, -0.2) is 0 Å². The third kappa shape index (κ3) is 3.05. The van der Waals surface area contributed by atoms with Crippen molar-refractivity contribution in [2.24, 2.45) is 5.73 Å². The molecule has 2 heterocycles. The van der Waals surface area contributed by atoms with Gasteiger partial charge >= 0.3 is 11.8 Å². The van der Waals surface area contributed by atoms with E-state index < -0.39 is 5.91 Å². The van der Waals surface area contributed by atoms with Gasteiger partial charge in [0.1, 0.15) is 6.54 Å². The number of rotatable bonds is 5. The standard InChI is InChI=1S/C11H15BrN6O2/c1-6-9(12)7(2)18(16-6)5-8-15-11(20-17-8)10(19)14-4-3-13/h3-5,13H2,1-2H3,(H,14,19). The summed E-state index contributed by atoms with van der Waals surface area (Å²) in [6.45, 7) is 4.88. The molecule has 2 rings (SSSR count). The second kappa shape index (κ2) is 6.14. The maximum atomic E-state index is 11.6. The molecule has 2 aromatic rings. The zero-order valence-corrected chi connectivity index (χ0v) is 12.8. The van der Waals surface area contributed by atoms with Gasteiger partial charge in [0.05, 0.1) is 15.9 Å². The number of carbonyl (C=O) groups is 1. The van der Waals surface area contributed by atoms with Crippen LogP contribution in [0.25, 0.3) is 0 Å². The highest BCUT2D eigenvalue weighted by Crippen LogP contribution is 2.20. The summed E-state index contributed by atoms with van der Waals surface area (Å²) in [5.41, 5.74) is 7.14. The summed E-state index contributed by atoms with van der Waals surface area (Å²) in [4.78, 5) is 15.6. The fourth-order valence-electron chi connectivity index (χ4n) is 1.63. The fourth-order valence-corrected chi connectivity index (χ4v) is 1.92. The molecule has 20 heavy (non-hydrogen) atoms. The summed E-state index contributed by atoms with van der Waals surface area (Å²) in [7, 11) is 0. The molecule has 0 saturated carbocycles. The van der Waals surface area contributed by atoms with Crippen molar-refractivity contribution in [1.29, 1.82) is 0 Å². The van der Waals surface area contributed by atoms with Crippen molar-refractivity contribution in [3.8, 4) is 0 Å². The molecule has 0 unspecified atom stereocenters. The minimum Gasteiger partial charge on any atom is -0.347 e. The van der Waals surface area contributed by atoms with E-state index in [1.165, 1.54) is 0 Å². The highest BCUT2D eigenvalue weighted by molar-refractivity contribution is 9.10. The molecule has 2 aromatic heterocycles. The van der Waals surface area contributed by atoms with Crippen LogP contribution < -0.4 is 11.1 Å². The van der Waals surface area contributed by atoms with Crippen LogP contribution in [0.4, 0.5) is 0 Å². The third-order valence-corrected chi connectivity index (χ3v) is 3.82. The van der Waals surface area contributed by atoms with Crippen molar-refractivity contribution in [2.75, 3.05) is 13.1 Å². The van der Waals surface area contributed by atoms with Gasteiger partial charge in [-0.15, -0.1) is 0 Å². The maximum Gasteiger partial charge on any atom is 0.316 e. The SMILES string of the molecule is Cc1nn(Cc2noc(C(=O)NCCN)n2)c(C)c1Br. The third-order valence-electron chi connectivity index (χ3n) is 2.68. The molecule has 108 valence electrons. The van der Waals surface area contributed by atoms with Crippen LogP contribution in [0.5, 0.6) is 0 Å². The van der Waals surface area contributed by atoms with Crippen LogP contribution in [0.15, 0.2) is 9.00 Å². The first-order valence-electron chi connectivity index (χ1n) is 6.03. The molecule has 0 atom stereocenters. The zero-order chi connectivity index (χ0) is 14.7. The van der Waals surface area contributed by atoms with Gasteiger partial charge in [-0.3, -0.25) is 9.48 Å². The lowest BCUT2D eigenvalue weighted by Crippen LogP contribution is -2.29. The van der Waals surface area contributed by atoms with Gasteiger partial charge in [-0.05, 0) is 29.8 Å². The number of hydrogen-bond acceptors (Lipinski definition) is 6. The smallest absolute Gasteiger partial charge is 0.316 e. The van der Waals surface area contributed by atoms with Crippen molar-refractivity contribution < 1.29 is 9.32 Å². The number of carbonyl (C=O) groups excluding carboxylic acids is 1. The largest absolute Gasteiger partial charge is 0.347 e. The van der Waals surface area contributed by atoms with Crippen LogP contribution in [0.2, 0.25) is 0 Å². The maximum absolute atomic E-state index is 11.6. The van der Waals surface area contributed by atoms with Gasteiger partial charge in [-0.1, -0.05) is 5.16 Å². The summed E-state index contributed by atoms with van der Waals surface area (Å²) in [5, 5.41) is 10.7. The molecule has 0 aromatic carbocycles. The summed E-state index contributed by atoms with van der Waals surface area (Å²) in [6.07, 6.45) is 0. The number of halogens is 1. The number of hydrogen-bond donors (Lipinski definition) is 2. The molecular formula is C11H15BrN6O2. The van der Waals surface area contributed by atoms with Crippen molar-refractivity contribution in [1.82, 2.24) is 25.2 Å². The predicted molar refractivity (Wildman–Crippen MR) is 74.2 cm³/mol. The Balaban J connectivity index is 2.09. The number of nitrogens with two attached hydrogens (primary N) is 1. The average molecular weight is 343 g/mol. The second-order valence-electron chi connectivity index (χ2n) is 4.20. The molecule has 0 spiro atoms. The highest BCUT2D eigenvalue weighted by atomic mass is 79.9. The number of nitrogens with zero attached hydrogens (tertiary/aromatic N) is 4. The molecule has 9 heteroatoms. The molecule has 0 radical (unpaired) electrons. The van der Waals surface area contributed by atoms with E-state index in [2.05, 4.69) is 36.5 Å². The minimum absolute atomic E-state index is 0.0750. The number of nitrogens with one attached hydrogen (secondary N) is 1. The summed E-state index contributed by atoms with van der Waals surface area (Å²) in [6, 6.07) is 0. The van der Waals surface area contributed by atoms with Gasteiger partial charge in [0, 0.05) is 13.1 Å². The molecule has 8 nitrogen and oxygen atoms in total. The number of aromatic nitrogens is 4. The lowest BCUT2D eigenvalue weighted by Gasteiger charge is -1.99. The van der Waals surface area contributed by atoms with E-state index >= 15 is 0 Å². The van der Waals surface area contributed by atoms with Gasteiger partial charge in [0.15, 0.2) is 5.82 Å². The van der Waals surface area contributed by atoms with Crippen molar-refractivity contribution in [3.63, 3.8) is 0 Å². The van der Waals surface area contributed by atoms with E-state index in [0.717, 1.165) is 15.9 Å². The van der Waals surface area contributed by atoms with E-state index in [1.807, 2.05) is 13.8 Å². The van der Waals surface area contributed by atoms with Crippen molar-refractivity contribution in [3.05, 3.63) is 27.6 Å². The predicted octanol–water partition coefficient (Wildman–Crippen LogP) is 0.382. The lowest BCUT2D eigenvalue weighted by atomic mass is 10.4. The Morgan fingerprint density at radius 1 is 1.50 bits per heavy atom. The van der Waals surface area contributed by atoms with E-state index in [1.54, 1.807) is 4.68 Å². The van der Waals surface area contributed by atoms with E-state index in [0.29, 0.717) is 25.5 Å². The first-order chi connectivity index (χ1) is 9.52. The van der Waals surface area contributed by atoms with Crippen LogP contribution in [0.1, 0.15) is 27.9 Å². The quantitative estimate of drug-likeness (QED) is 0.812. The van der Waals surface area contributed by atoms with E-state index in [9.17, 15) is 4.79 Å². The number of amides is 1. The topological polar surface area (TPSA) is 112 Å². The van der Waals surface area contributed by atoms with E-state index in [4.69, 9.17) is 10.3 Å². The Bertz CT molecular complexity index is 620. The molecule has 3 N–H and O–H groups in total. The van der Waals surface area contributed by atoms with Gasteiger partial charge in [0.2, 0.25) is 0 Å². The van der Waals surface area contributed by atoms with Crippen LogP contribution >= 0.6 is 15.9 Å². The van der Waals surface area contributed by atoms with Gasteiger partial charge in [-0.2, -0.15) is 10.1 Å². The monoisotopic (exact) mass is 342 g/mol. The van der Waals surface area contributed by atoms with Crippen LogP contribution in [-0.4, -0.2) is 38.9 Å². The van der Waals surface area contributed by atoms with Crippen LogP contribution in [0, 0.1) is 13.8 Å². The number of aryl methyl sites for hydroxylation is 1. The van der Waals surface area contributed by atoms with E-state index in [-0.39, 0.29) is 5.89 Å². The first-order valence-corrected chi connectivity index (χ1v) is 6.82.